The molecule has 0 saturated carbocycles. The Morgan fingerprint density at radius 2 is 2.28 bits per heavy atom. The van der Waals surface area contributed by atoms with Gasteiger partial charge in [-0.15, -0.1) is 0 Å². The van der Waals surface area contributed by atoms with Crippen LogP contribution in [0.2, 0.25) is 0 Å². The molecule has 0 amide bonds. The quantitative estimate of drug-likeness (QED) is 0.817. The lowest BCUT2D eigenvalue weighted by Crippen LogP contribution is -2.61. The second-order valence-electron chi connectivity index (χ2n) is 6.24. The molecule has 2 fully saturated rings. The van der Waals surface area contributed by atoms with Crippen molar-refractivity contribution in [2.24, 2.45) is 5.92 Å². The van der Waals surface area contributed by atoms with E-state index in [-0.39, 0.29) is 5.60 Å². The summed E-state index contributed by atoms with van der Waals surface area (Å²) in [4.78, 5) is 2.60. The molecule has 2 saturated heterocycles. The van der Waals surface area contributed by atoms with E-state index in [0.29, 0.717) is 18.0 Å². The highest BCUT2D eigenvalue weighted by Crippen LogP contribution is 2.26. The van der Waals surface area contributed by atoms with Crippen molar-refractivity contribution in [2.75, 3.05) is 40.0 Å². The maximum atomic E-state index is 5.78. The third-order valence-corrected chi connectivity index (χ3v) is 4.41. The number of hydrogen-bond acceptors (Lipinski definition) is 4. The molecule has 0 aromatic carbocycles. The van der Waals surface area contributed by atoms with E-state index in [1.165, 1.54) is 0 Å². The number of methoxy groups -OCH3 is 1. The second kappa shape index (κ2) is 5.87. The van der Waals surface area contributed by atoms with E-state index >= 15 is 0 Å². The summed E-state index contributed by atoms with van der Waals surface area (Å²) < 4.78 is 11.3. The summed E-state index contributed by atoms with van der Waals surface area (Å²) in [5.74, 6) is 0.668. The monoisotopic (exact) mass is 256 g/mol. The minimum atomic E-state index is -0.0792. The molecule has 0 aromatic heterocycles. The van der Waals surface area contributed by atoms with Gasteiger partial charge >= 0.3 is 0 Å². The molecule has 0 radical (unpaired) electrons. The van der Waals surface area contributed by atoms with Crippen LogP contribution in [0, 0.1) is 5.92 Å². The number of nitrogens with zero attached hydrogens (tertiary/aromatic N) is 1. The van der Waals surface area contributed by atoms with E-state index < -0.39 is 0 Å². The first-order valence-corrected chi connectivity index (χ1v) is 7.17. The van der Waals surface area contributed by atoms with Crippen molar-refractivity contribution in [1.82, 2.24) is 10.2 Å². The molecule has 1 N–H and O–H groups in total. The molecule has 4 heteroatoms. The van der Waals surface area contributed by atoms with Gasteiger partial charge in [0.1, 0.15) is 5.60 Å². The molecule has 2 aliphatic heterocycles. The summed E-state index contributed by atoms with van der Waals surface area (Å²) in [6.07, 6.45) is 1.02. The van der Waals surface area contributed by atoms with Crippen LogP contribution in [0.15, 0.2) is 0 Å². The van der Waals surface area contributed by atoms with Crippen LogP contribution < -0.4 is 5.32 Å². The normalized spacial score (nSPS) is 38.5. The van der Waals surface area contributed by atoms with Gasteiger partial charge in [0.25, 0.3) is 0 Å². The van der Waals surface area contributed by atoms with Crippen molar-refractivity contribution in [1.29, 1.82) is 0 Å². The third kappa shape index (κ3) is 3.05. The average Bonchev–Trinajstić information content (AvgIpc) is 2.78. The molecular weight excluding hydrogens is 228 g/mol. The zero-order valence-electron chi connectivity index (χ0n) is 12.2. The van der Waals surface area contributed by atoms with Gasteiger partial charge < -0.3 is 14.8 Å². The lowest BCUT2D eigenvalue weighted by molar-refractivity contribution is -0.0590. The predicted octanol–water partition coefficient (Wildman–Crippen LogP) is 1.11. The van der Waals surface area contributed by atoms with E-state index in [0.717, 1.165) is 39.3 Å². The van der Waals surface area contributed by atoms with Crippen molar-refractivity contribution in [3.05, 3.63) is 0 Å². The maximum Gasteiger partial charge on any atom is 0.106 e. The molecule has 2 heterocycles. The van der Waals surface area contributed by atoms with E-state index in [2.05, 4.69) is 31.0 Å². The number of piperazine rings is 1. The molecule has 18 heavy (non-hydrogen) atoms. The van der Waals surface area contributed by atoms with Crippen LogP contribution in [-0.4, -0.2) is 62.5 Å². The van der Waals surface area contributed by atoms with Gasteiger partial charge in [-0.05, 0) is 12.8 Å². The Kier molecular flexibility index (Phi) is 4.64. The van der Waals surface area contributed by atoms with Gasteiger partial charge in [-0.3, -0.25) is 4.90 Å². The Bertz CT molecular complexity index is 265. The summed E-state index contributed by atoms with van der Waals surface area (Å²) in [6, 6.07) is 1.17. The smallest absolute Gasteiger partial charge is 0.106 e. The molecule has 2 aliphatic rings. The van der Waals surface area contributed by atoms with Gasteiger partial charge in [-0.25, -0.2) is 0 Å². The zero-order chi connectivity index (χ0) is 13.2. The molecule has 0 aliphatic carbocycles. The highest BCUT2D eigenvalue weighted by Gasteiger charge is 2.40. The average molecular weight is 256 g/mol. The van der Waals surface area contributed by atoms with Crippen molar-refractivity contribution >= 4 is 0 Å². The van der Waals surface area contributed by atoms with Crippen molar-refractivity contribution in [2.45, 2.75) is 44.9 Å². The van der Waals surface area contributed by atoms with Gasteiger partial charge in [-0.2, -0.15) is 0 Å². The molecule has 4 nitrogen and oxygen atoms in total. The molecule has 3 unspecified atom stereocenters. The van der Waals surface area contributed by atoms with Gasteiger partial charge in [0.05, 0.1) is 6.61 Å². The summed E-state index contributed by atoms with van der Waals surface area (Å²) in [7, 11) is 1.82. The zero-order valence-corrected chi connectivity index (χ0v) is 12.2. The van der Waals surface area contributed by atoms with Crippen LogP contribution in [0.1, 0.15) is 27.2 Å². The molecule has 2 rings (SSSR count). The number of nitrogens with one attached hydrogen (secondary N) is 1. The van der Waals surface area contributed by atoms with Crippen LogP contribution in [0.4, 0.5) is 0 Å². The molecular formula is C14H28N2O2. The van der Waals surface area contributed by atoms with Gasteiger partial charge in [0, 0.05) is 51.9 Å². The summed E-state index contributed by atoms with van der Waals surface area (Å²) in [6.45, 7) is 11.6. The summed E-state index contributed by atoms with van der Waals surface area (Å²) in [5, 5.41) is 3.59. The Balaban J connectivity index is 2.03. The van der Waals surface area contributed by atoms with E-state index in [1.807, 2.05) is 7.11 Å². The molecule has 0 spiro atoms. The summed E-state index contributed by atoms with van der Waals surface area (Å²) >= 11 is 0. The fraction of sp³-hybridized carbons (Fsp3) is 1.00. The Labute approximate surface area is 111 Å². The number of ether oxygens (including phenoxy) is 2. The fourth-order valence-electron chi connectivity index (χ4n) is 3.15. The first kappa shape index (κ1) is 14.3. The lowest BCUT2D eigenvalue weighted by atomic mass is 9.94. The second-order valence-corrected chi connectivity index (χ2v) is 6.24. The Morgan fingerprint density at radius 3 is 2.83 bits per heavy atom. The van der Waals surface area contributed by atoms with E-state index in [1.54, 1.807) is 0 Å². The highest BCUT2D eigenvalue weighted by molar-refractivity contribution is 4.94. The van der Waals surface area contributed by atoms with Gasteiger partial charge in [-0.1, -0.05) is 13.8 Å². The maximum absolute atomic E-state index is 5.78. The Morgan fingerprint density at radius 1 is 1.50 bits per heavy atom. The van der Waals surface area contributed by atoms with Crippen LogP contribution in [0.5, 0.6) is 0 Å². The SMILES string of the molecule is COC1(CN2CC(C)NCC2C(C)C)CCOC1. The van der Waals surface area contributed by atoms with E-state index in [4.69, 9.17) is 9.47 Å². The topological polar surface area (TPSA) is 33.7 Å². The van der Waals surface area contributed by atoms with Gasteiger partial charge in [0.15, 0.2) is 0 Å². The van der Waals surface area contributed by atoms with Crippen molar-refractivity contribution in [3.8, 4) is 0 Å². The van der Waals surface area contributed by atoms with Crippen LogP contribution in [0.25, 0.3) is 0 Å². The molecule has 106 valence electrons. The van der Waals surface area contributed by atoms with Gasteiger partial charge in [0.2, 0.25) is 0 Å². The first-order valence-electron chi connectivity index (χ1n) is 7.17. The molecule has 3 atom stereocenters. The summed E-state index contributed by atoms with van der Waals surface area (Å²) in [5.41, 5.74) is -0.0792. The predicted molar refractivity (Wildman–Crippen MR) is 72.8 cm³/mol. The van der Waals surface area contributed by atoms with E-state index in [9.17, 15) is 0 Å². The number of hydrogen-bond donors (Lipinski definition) is 1. The lowest BCUT2D eigenvalue weighted by Gasteiger charge is -2.44. The molecule has 0 bridgehead atoms. The van der Waals surface area contributed by atoms with Crippen LogP contribution >= 0.6 is 0 Å². The largest absolute Gasteiger partial charge is 0.378 e. The van der Waals surface area contributed by atoms with Crippen molar-refractivity contribution in [3.63, 3.8) is 0 Å². The molecule has 0 aromatic rings. The highest BCUT2D eigenvalue weighted by atomic mass is 16.5. The standard InChI is InChI=1S/C14H28N2O2/c1-11(2)13-7-15-12(3)8-16(13)9-14(17-4)5-6-18-10-14/h11-13,15H,5-10H2,1-4H3. The fourth-order valence-corrected chi connectivity index (χ4v) is 3.15. The van der Waals surface area contributed by atoms with Crippen molar-refractivity contribution < 1.29 is 9.47 Å². The minimum Gasteiger partial charge on any atom is -0.378 e. The minimum absolute atomic E-state index is 0.0792. The van der Waals surface area contributed by atoms with Crippen LogP contribution in [-0.2, 0) is 9.47 Å². The first-order chi connectivity index (χ1) is 8.56. The Hall–Kier alpha value is -0.160. The number of rotatable bonds is 4. The third-order valence-electron chi connectivity index (χ3n) is 4.41. The van der Waals surface area contributed by atoms with Crippen LogP contribution in [0.3, 0.4) is 0 Å².